The van der Waals surface area contributed by atoms with E-state index in [0.717, 1.165) is 32.1 Å². The van der Waals surface area contributed by atoms with Crippen molar-refractivity contribution in [2.24, 2.45) is 17.3 Å². The van der Waals surface area contributed by atoms with Gasteiger partial charge in [-0.05, 0) is 62.5 Å². The summed E-state index contributed by atoms with van der Waals surface area (Å²) in [6, 6.07) is 0. The Bertz CT molecular complexity index is 539. The first kappa shape index (κ1) is 11.4. The molecule has 0 spiro atoms. The third-order valence-electron chi connectivity index (χ3n) is 5.40. The van der Waals surface area contributed by atoms with Gasteiger partial charge in [0, 0.05) is 11.4 Å². The van der Waals surface area contributed by atoms with Crippen LogP contribution >= 0.6 is 0 Å². The Labute approximate surface area is 111 Å². The van der Waals surface area contributed by atoms with E-state index in [1.165, 1.54) is 0 Å². The molecule has 0 N–H and O–H groups in total. The Balaban J connectivity index is 1.80. The summed E-state index contributed by atoms with van der Waals surface area (Å²) in [7, 11) is 0. The average Bonchev–Trinajstić information content (AvgIpc) is 2.74. The normalized spacial score (nSPS) is 43.6. The Morgan fingerprint density at radius 3 is 2.53 bits per heavy atom. The molecule has 4 atom stereocenters. The van der Waals surface area contributed by atoms with Crippen LogP contribution in [0.25, 0.3) is 0 Å². The predicted octanol–water partition coefficient (Wildman–Crippen LogP) is 0.0269. The fraction of sp³-hybridized carbons (Fsp3) is 0.846. The van der Waals surface area contributed by atoms with Crippen molar-refractivity contribution in [1.29, 1.82) is 0 Å². The molecule has 19 heavy (non-hydrogen) atoms. The van der Waals surface area contributed by atoms with Gasteiger partial charge in [-0.3, -0.25) is 0 Å². The van der Waals surface area contributed by atoms with E-state index in [1.807, 2.05) is 6.92 Å². The van der Waals surface area contributed by atoms with E-state index in [0.29, 0.717) is 24.1 Å². The molecule has 1 aromatic rings. The van der Waals surface area contributed by atoms with Crippen molar-refractivity contribution in [2.75, 3.05) is 0 Å². The van der Waals surface area contributed by atoms with E-state index in [2.05, 4.69) is 15.4 Å². The number of rotatable bonds is 2. The van der Waals surface area contributed by atoms with Crippen LogP contribution in [-0.4, -0.2) is 26.2 Å². The lowest BCUT2D eigenvalue weighted by Crippen LogP contribution is -2.62. The number of aromatic nitrogens is 4. The van der Waals surface area contributed by atoms with Gasteiger partial charge in [0.2, 0.25) is 0 Å². The summed E-state index contributed by atoms with van der Waals surface area (Å²) in [6.07, 6.45) is 5.32. The van der Waals surface area contributed by atoms with Crippen LogP contribution in [0.15, 0.2) is 0 Å². The molecule has 6 nitrogen and oxygen atoms in total. The molecule has 4 bridgehead atoms. The molecule has 4 aliphatic carbocycles. The van der Waals surface area contributed by atoms with Gasteiger partial charge in [0.15, 0.2) is 5.82 Å². The van der Waals surface area contributed by atoms with Gasteiger partial charge in [-0.25, -0.2) is 0 Å². The topological polar surface area (TPSA) is 83.7 Å². The highest BCUT2D eigenvalue weighted by Gasteiger charge is 2.60. The average molecular weight is 261 g/mol. The van der Waals surface area contributed by atoms with Gasteiger partial charge in [0.1, 0.15) is 0 Å². The van der Waals surface area contributed by atoms with E-state index >= 15 is 0 Å². The Morgan fingerprint density at radius 2 is 2.00 bits per heavy atom. The van der Waals surface area contributed by atoms with E-state index in [1.54, 1.807) is 4.80 Å². The van der Waals surface area contributed by atoms with E-state index in [-0.39, 0.29) is 5.54 Å². The largest absolute Gasteiger partial charge is 0.550 e. The molecular formula is C13H17N4O2-. The molecule has 1 heterocycles. The molecule has 102 valence electrons. The SMILES string of the molecule is Cc1nnn(C23C[C@@H]4C[C@@H](CC(C(=O)[O-])(C4)C2)C3)n1. The van der Waals surface area contributed by atoms with Crippen LogP contribution < -0.4 is 5.11 Å². The van der Waals surface area contributed by atoms with Gasteiger partial charge in [-0.15, -0.1) is 10.2 Å². The highest BCUT2D eigenvalue weighted by atomic mass is 16.4. The van der Waals surface area contributed by atoms with Crippen molar-refractivity contribution in [3.8, 4) is 0 Å². The second kappa shape index (κ2) is 3.35. The standard InChI is InChI=1S/C13H18N4O2/c1-8-14-16-17(15-8)13-5-9-2-10(6-13)4-12(3-9,7-13)11(18)19/h9-10H,2-7H2,1H3,(H,18,19)/p-1/t9-,10+,12?,13?. The Hall–Kier alpha value is -1.46. The molecule has 0 aliphatic heterocycles. The molecule has 1 aromatic heterocycles. The van der Waals surface area contributed by atoms with Crippen molar-refractivity contribution in [1.82, 2.24) is 20.2 Å². The maximum absolute atomic E-state index is 11.7. The van der Waals surface area contributed by atoms with Crippen LogP contribution in [0, 0.1) is 24.2 Å². The van der Waals surface area contributed by atoms with Gasteiger partial charge in [0.05, 0.1) is 5.54 Å². The molecule has 4 aliphatic rings. The first-order valence-electron chi connectivity index (χ1n) is 7.00. The third-order valence-corrected chi connectivity index (χ3v) is 5.40. The van der Waals surface area contributed by atoms with Gasteiger partial charge in [-0.2, -0.15) is 4.80 Å². The van der Waals surface area contributed by atoms with Crippen LogP contribution in [0.2, 0.25) is 0 Å². The number of carboxylic acids is 1. The Kier molecular flexibility index (Phi) is 2.00. The fourth-order valence-electron chi connectivity index (χ4n) is 5.17. The van der Waals surface area contributed by atoms with E-state index < -0.39 is 11.4 Å². The zero-order valence-corrected chi connectivity index (χ0v) is 11.0. The quantitative estimate of drug-likeness (QED) is 0.749. The smallest absolute Gasteiger partial charge is 0.171 e. The zero-order chi connectivity index (χ0) is 13.3. The summed E-state index contributed by atoms with van der Waals surface area (Å²) >= 11 is 0. The van der Waals surface area contributed by atoms with Crippen LogP contribution in [-0.2, 0) is 10.3 Å². The minimum Gasteiger partial charge on any atom is -0.550 e. The van der Waals surface area contributed by atoms with E-state index in [4.69, 9.17) is 0 Å². The molecule has 0 amide bonds. The molecular weight excluding hydrogens is 244 g/mol. The lowest BCUT2D eigenvalue weighted by molar-refractivity contribution is -0.329. The molecule has 4 saturated carbocycles. The number of hydrogen-bond acceptors (Lipinski definition) is 5. The maximum atomic E-state index is 11.7. The molecule has 0 saturated heterocycles. The van der Waals surface area contributed by atoms with Crippen molar-refractivity contribution < 1.29 is 9.90 Å². The zero-order valence-electron chi connectivity index (χ0n) is 11.0. The van der Waals surface area contributed by atoms with Crippen LogP contribution in [0.4, 0.5) is 0 Å². The number of nitrogens with zero attached hydrogens (tertiary/aromatic N) is 4. The summed E-state index contributed by atoms with van der Waals surface area (Å²) in [6.45, 7) is 1.82. The Morgan fingerprint density at radius 1 is 1.32 bits per heavy atom. The lowest BCUT2D eigenvalue weighted by atomic mass is 9.47. The molecule has 6 heteroatoms. The van der Waals surface area contributed by atoms with Crippen molar-refractivity contribution in [3.63, 3.8) is 0 Å². The monoisotopic (exact) mass is 261 g/mol. The summed E-state index contributed by atoms with van der Waals surface area (Å²) < 4.78 is 0. The van der Waals surface area contributed by atoms with Gasteiger partial charge >= 0.3 is 0 Å². The minimum atomic E-state index is -0.872. The molecule has 0 radical (unpaired) electrons. The van der Waals surface area contributed by atoms with Gasteiger partial charge in [0.25, 0.3) is 0 Å². The first-order valence-corrected chi connectivity index (χ1v) is 7.00. The van der Waals surface area contributed by atoms with Crippen molar-refractivity contribution in [3.05, 3.63) is 5.82 Å². The number of carbonyl (C=O) groups is 1. The van der Waals surface area contributed by atoms with Gasteiger partial charge in [-0.1, -0.05) is 0 Å². The number of carbonyl (C=O) groups excluding carboxylic acids is 1. The van der Waals surface area contributed by atoms with Crippen molar-refractivity contribution in [2.45, 2.75) is 51.0 Å². The van der Waals surface area contributed by atoms with Crippen molar-refractivity contribution >= 4 is 5.97 Å². The number of tetrazole rings is 1. The molecule has 2 unspecified atom stereocenters. The molecule has 4 fully saturated rings. The second-order valence-corrected chi connectivity index (χ2v) is 6.88. The minimum absolute atomic E-state index is 0.231. The fourth-order valence-corrected chi connectivity index (χ4v) is 5.17. The first-order chi connectivity index (χ1) is 9.01. The maximum Gasteiger partial charge on any atom is 0.171 e. The van der Waals surface area contributed by atoms with Crippen LogP contribution in [0.3, 0.4) is 0 Å². The summed E-state index contributed by atoms with van der Waals surface area (Å²) in [5.41, 5.74) is -0.878. The summed E-state index contributed by atoms with van der Waals surface area (Å²) in [5.74, 6) is 0.733. The van der Waals surface area contributed by atoms with Gasteiger partial charge < -0.3 is 9.90 Å². The third kappa shape index (κ3) is 1.42. The number of carboxylic acid groups (broad SMARTS) is 1. The number of aryl methyl sites for hydroxylation is 1. The highest BCUT2D eigenvalue weighted by molar-refractivity contribution is 5.73. The van der Waals surface area contributed by atoms with Crippen LogP contribution in [0.5, 0.6) is 0 Å². The van der Waals surface area contributed by atoms with E-state index in [9.17, 15) is 9.90 Å². The summed E-state index contributed by atoms with van der Waals surface area (Å²) in [4.78, 5) is 13.4. The lowest BCUT2D eigenvalue weighted by Gasteiger charge is -2.61. The highest BCUT2D eigenvalue weighted by Crippen LogP contribution is 2.63. The molecule has 0 aromatic carbocycles. The van der Waals surface area contributed by atoms with Crippen LogP contribution in [0.1, 0.15) is 44.3 Å². The number of aliphatic carboxylic acids is 1. The summed E-state index contributed by atoms with van der Waals surface area (Å²) in [5, 5.41) is 24.1. The molecule has 5 rings (SSSR count). The number of hydrogen-bond donors (Lipinski definition) is 0. The second-order valence-electron chi connectivity index (χ2n) is 6.88. The predicted molar refractivity (Wildman–Crippen MR) is 62.7 cm³/mol.